The highest BCUT2D eigenvalue weighted by Crippen LogP contribution is 2.35. The summed E-state index contributed by atoms with van der Waals surface area (Å²) >= 11 is 11.7. The van der Waals surface area contributed by atoms with Crippen molar-refractivity contribution >= 4 is 29.1 Å². The predicted octanol–water partition coefficient (Wildman–Crippen LogP) is 3.69. The van der Waals surface area contributed by atoms with Crippen molar-refractivity contribution in [3.8, 4) is 23.0 Å². The fourth-order valence-corrected chi connectivity index (χ4v) is 2.65. The van der Waals surface area contributed by atoms with Gasteiger partial charge < -0.3 is 19.7 Å². The zero-order chi connectivity index (χ0) is 18.7. The number of methoxy groups -OCH3 is 1. The molecule has 3 aromatic rings. The molecule has 0 spiro atoms. The molecular formula is C17H13Cl2N3O4. The average Bonchev–Trinajstić information content (AvgIpc) is 3.14. The number of rotatable bonds is 5. The third-order valence-corrected chi connectivity index (χ3v) is 4.06. The minimum Gasteiger partial charge on any atom is -0.505 e. The largest absolute Gasteiger partial charge is 0.505 e. The number of nitrogens with one attached hydrogen (secondary N) is 1. The van der Waals surface area contributed by atoms with Crippen LogP contribution in [0.3, 0.4) is 0 Å². The maximum atomic E-state index is 12.2. The number of ether oxygens (including phenoxy) is 1. The van der Waals surface area contributed by atoms with Crippen molar-refractivity contribution in [1.29, 1.82) is 0 Å². The maximum absolute atomic E-state index is 12.2. The number of carbonyl (C=O) groups is 1. The fourth-order valence-electron chi connectivity index (χ4n) is 2.17. The normalized spacial score (nSPS) is 10.6. The van der Waals surface area contributed by atoms with E-state index in [1.54, 1.807) is 7.11 Å². The number of benzene rings is 2. The standard InChI is InChI=1S/C17H13Cl2N3O4/c1-25-11-4-2-3-9(5-11)8-20-16(24)15-21-17(26-22-15)10-6-12(18)14(23)13(19)7-10/h2-7,23H,8H2,1H3,(H,20,24). The zero-order valence-corrected chi connectivity index (χ0v) is 15.0. The highest BCUT2D eigenvalue weighted by molar-refractivity contribution is 6.37. The van der Waals surface area contributed by atoms with E-state index in [1.807, 2.05) is 24.3 Å². The molecule has 134 valence electrons. The van der Waals surface area contributed by atoms with Crippen molar-refractivity contribution in [2.45, 2.75) is 6.54 Å². The molecule has 0 aliphatic carbocycles. The van der Waals surface area contributed by atoms with Crippen molar-refractivity contribution in [3.63, 3.8) is 0 Å². The van der Waals surface area contributed by atoms with Gasteiger partial charge in [0.15, 0.2) is 5.75 Å². The first-order chi connectivity index (χ1) is 12.5. The fraction of sp³-hybridized carbons (Fsp3) is 0.118. The van der Waals surface area contributed by atoms with E-state index in [9.17, 15) is 9.90 Å². The van der Waals surface area contributed by atoms with Gasteiger partial charge in [-0.15, -0.1) is 0 Å². The minimum atomic E-state index is -0.501. The molecule has 0 radical (unpaired) electrons. The summed E-state index contributed by atoms with van der Waals surface area (Å²) in [5.41, 5.74) is 1.25. The number of phenolic OH excluding ortho intramolecular Hbond substituents is 1. The quantitative estimate of drug-likeness (QED) is 0.685. The molecule has 0 saturated carbocycles. The van der Waals surface area contributed by atoms with Crippen LogP contribution in [0.25, 0.3) is 11.5 Å². The topological polar surface area (TPSA) is 97.5 Å². The molecule has 26 heavy (non-hydrogen) atoms. The highest BCUT2D eigenvalue weighted by atomic mass is 35.5. The van der Waals surface area contributed by atoms with Gasteiger partial charge in [0, 0.05) is 12.1 Å². The van der Waals surface area contributed by atoms with Crippen molar-refractivity contribution in [2.24, 2.45) is 0 Å². The van der Waals surface area contributed by atoms with Crippen LogP contribution in [0, 0.1) is 0 Å². The van der Waals surface area contributed by atoms with E-state index < -0.39 is 5.91 Å². The molecule has 0 bridgehead atoms. The first-order valence-electron chi connectivity index (χ1n) is 7.41. The second-order valence-corrected chi connectivity index (χ2v) is 6.06. The minimum absolute atomic E-state index is 0.0368. The number of halogens is 2. The lowest BCUT2D eigenvalue weighted by molar-refractivity contribution is 0.0937. The number of hydrogen-bond acceptors (Lipinski definition) is 6. The Kier molecular flexibility index (Phi) is 5.29. The van der Waals surface area contributed by atoms with Crippen LogP contribution in [0.15, 0.2) is 40.9 Å². The maximum Gasteiger partial charge on any atom is 0.292 e. The van der Waals surface area contributed by atoms with Gasteiger partial charge in [0.05, 0.1) is 17.2 Å². The van der Waals surface area contributed by atoms with Gasteiger partial charge >= 0.3 is 0 Å². The Morgan fingerprint density at radius 3 is 2.69 bits per heavy atom. The van der Waals surface area contributed by atoms with Crippen molar-refractivity contribution in [1.82, 2.24) is 15.5 Å². The van der Waals surface area contributed by atoms with Crippen LogP contribution in [0.5, 0.6) is 11.5 Å². The van der Waals surface area contributed by atoms with Gasteiger partial charge in [0.25, 0.3) is 17.6 Å². The van der Waals surface area contributed by atoms with E-state index in [0.717, 1.165) is 5.56 Å². The molecule has 3 rings (SSSR count). The average molecular weight is 394 g/mol. The Balaban J connectivity index is 1.72. The van der Waals surface area contributed by atoms with Crippen LogP contribution in [0.4, 0.5) is 0 Å². The molecule has 1 amide bonds. The zero-order valence-electron chi connectivity index (χ0n) is 13.5. The Bertz CT molecular complexity index is 936. The number of hydrogen-bond donors (Lipinski definition) is 2. The van der Waals surface area contributed by atoms with E-state index in [4.69, 9.17) is 32.5 Å². The number of amides is 1. The predicted molar refractivity (Wildman–Crippen MR) is 95.6 cm³/mol. The third-order valence-electron chi connectivity index (χ3n) is 3.48. The second kappa shape index (κ2) is 7.63. The SMILES string of the molecule is COc1cccc(CNC(=O)c2noc(-c3cc(Cl)c(O)c(Cl)c3)n2)c1. The Labute approximate surface area is 158 Å². The lowest BCUT2D eigenvalue weighted by atomic mass is 10.2. The molecule has 7 nitrogen and oxygen atoms in total. The summed E-state index contributed by atoms with van der Waals surface area (Å²) in [6.45, 7) is 0.275. The Morgan fingerprint density at radius 1 is 1.27 bits per heavy atom. The molecule has 1 aromatic heterocycles. The first-order valence-corrected chi connectivity index (χ1v) is 8.16. The molecule has 0 saturated heterocycles. The van der Waals surface area contributed by atoms with E-state index in [-0.39, 0.29) is 34.1 Å². The number of aromatic nitrogens is 2. The van der Waals surface area contributed by atoms with Crippen LogP contribution in [-0.4, -0.2) is 28.3 Å². The molecule has 2 N–H and O–H groups in total. The molecular weight excluding hydrogens is 381 g/mol. The van der Waals surface area contributed by atoms with Gasteiger partial charge in [-0.2, -0.15) is 4.98 Å². The lowest BCUT2D eigenvalue weighted by Gasteiger charge is -2.05. The van der Waals surface area contributed by atoms with Gasteiger partial charge in [-0.25, -0.2) is 0 Å². The smallest absolute Gasteiger partial charge is 0.292 e. The summed E-state index contributed by atoms with van der Waals surface area (Å²) in [5.74, 6) is -0.130. The molecule has 0 fully saturated rings. The summed E-state index contributed by atoms with van der Waals surface area (Å²) in [6.07, 6.45) is 0. The van der Waals surface area contributed by atoms with Gasteiger partial charge in [0.2, 0.25) is 0 Å². The number of aromatic hydroxyl groups is 1. The van der Waals surface area contributed by atoms with Crippen LogP contribution < -0.4 is 10.1 Å². The number of phenols is 1. The summed E-state index contributed by atoms with van der Waals surface area (Å²) in [5, 5.41) is 16.0. The second-order valence-electron chi connectivity index (χ2n) is 5.25. The van der Waals surface area contributed by atoms with Crippen molar-refractivity contribution in [2.75, 3.05) is 7.11 Å². The van der Waals surface area contributed by atoms with Crippen LogP contribution in [0.2, 0.25) is 10.0 Å². The van der Waals surface area contributed by atoms with E-state index >= 15 is 0 Å². The molecule has 1 heterocycles. The van der Waals surface area contributed by atoms with Gasteiger partial charge in [-0.1, -0.05) is 40.5 Å². The van der Waals surface area contributed by atoms with Crippen molar-refractivity contribution < 1.29 is 19.2 Å². The van der Waals surface area contributed by atoms with E-state index in [1.165, 1.54) is 12.1 Å². The summed E-state index contributed by atoms with van der Waals surface area (Å²) in [6, 6.07) is 10.1. The molecule has 9 heteroatoms. The lowest BCUT2D eigenvalue weighted by Crippen LogP contribution is -2.23. The van der Waals surface area contributed by atoms with E-state index in [0.29, 0.717) is 11.3 Å². The summed E-state index contributed by atoms with van der Waals surface area (Å²) in [7, 11) is 1.57. The Hall–Kier alpha value is -2.77. The van der Waals surface area contributed by atoms with Gasteiger partial charge in [-0.05, 0) is 29.8 Å². The number of nitrogens with zero attached hydrogens (tertiary/aromatic N) is 2. The van der Waals surface area contributed by atoms with Gasteiger partial charge in [0.1, 0.15) is 5.75 Å². The van der Waals surface area contributed by atoms with Crippen molar-refractivity contribution in [3.05, 3.63) is 57.8 Å². The van der Waals surface area contributed by atoms with E-state index in [2.05, 4.69) is 15.5 Å². The summed E-state index contributed by atoms with van der Waals surface area (Å²) in [4.78, 5) is 16.2. The molecule has 0 unspecified atom stereocenters. The molecule has 2 aromatic carbocycles. The third kappa shape index (κ3) is 3.89. The monoisotopic (exact) mass is 393 g/mol. The Morgan fingerprint density at radius 2 is 2.00 bits per heavy atom. The first kappa shape index (κ1) is 18.0. The molecule has 0 aliphatic rings. The summed E-state index contributed by atoms with van der Waals surface area (Å²) < 4.78 is 10.2. The van der Waals surface area contributed by atoms with Crippen LogP contribution >= 0.6 is 23.2 Å². The van der Waals surface area contributed by atoms with Crippen LogP contribution in [0.1, 0.15) is 16.2 Å². The highest BCUT2D eigenvalue weighted by Gasteiger charge is 2.17. The van der Waals surface area contributed by atoms with Crippen LogP contribution in [-0.2, 0) is 6.54 Å². The molecule has 0 atom stereocenters. The van der Waals surface area contributed by atoms with Gasteiger partial charge in [-0.3, -0.25) is 4.79 Å². The molecule has 0 aliphatic heterocycles. The number of carbonyl (C=O) groups excluding carboxylic acids is 1.